The Labute approximate surface area is 172 Å². The summed E-state index contributed by atoms with van der Waals surface area (Å²) in [4.78, 5) is 25.4. The first kappa shape index (κ1) is 21.7. The van der Waals surface area contributed by atoms with Gasteiger partial charge in [-0.15, -0.1) is 0 Å². The molecule has 2 aliphatic rings. The molecule has 2 fully saturated rings. The zero-order valence-corrected chi connectivity index (χ0v) is 17.5. The van der Waals surface area contributed by atoms with E-state index in [1.165, 1.54) is 4.31 Å². The smallest absolute Gasteiger partial charge is 0.253 e. The van der Waals surface area contributed by atoms with Crippen molar-refractivity contribution in [1.29, 1.82) is 0 Å². The quantitative estimate of drug-likeness (QED) is 0.693. The summed E-state index contributed by atoms with van der Waals surface area (Å²) in [5.74, 6) is -0.946. The molecule has 3 rings (SSSR count). The van der Waals surface area contributed by atoms with E-state index in [1.807, 2.05) is 0 Å². The topological polar surface area (TPSA) is 105 Å². The number of piperidine rings is 1. The van der Waals surface area contributed by atoms with Crippen LogP contribution in [-0.2, 0) is 19.6 Å². The van der Waals surface area contributed by atoms with Crippen LogP contribution in [0, 0.1) is 5.92 Å². The lowest BCUT2D eigenvalue weighted by atomic mass is 9.98. The van der Waals surface area contributed by atoms with Gasteiger partial charge in [0.1, 0.15) is 0 Å². The molecule has 1 aromatic carbocycles. The Morgan fingerprint density at radius 2 is 2.00 bits per heavy atom. The van der Waals surface area contributed by atoms with E-state index in [1.54, 1.807) is 31.2 Å². The first-order valence-electron chi connectivity index (χ1n) is 10.2. The lowest BCUT2D eigenvalue weighted by Gasteiger charge is -2.31. The maximum Gasteiger partial charge on any atom is 0.253 e. The number of nitrogens with one attached hydrogen (secondary N) is 2. The normalized spacial score (nSPS) is 22.9. The fraction of sp³-hybridized carbons (Fsp3) is 0.600. The van der Waals surface area contributed by atoms with Crippen LogP contribution in [0.3, 0.4) is 0 Å². The van der Waals surface area contributed by atoms with Crippen molar-refractivity contribution in [2.24, 2.45) is 5.92 Å². The average Bonchev–Trinajstić information content (AvgIpc) is 3.26. The lowest BCUT2D eigenvalue weighted by molar-refractivity contribution is -0.120. The number of rotatable bonds is 7. The zero-order chi connectivity index (χ0) is 20.9. The molecule has 160 valence electrons. The standard InChI is InChI=1S/C20H29N3O5S/c1-2-29(26,27)23-11-5-7-15(14-23)19(24)22-18-10-4-3-9-17(18)20(25)21-13-16-8-6-12-28-16/h3-4,9-10,15-16H,2,5-8,11-14H2,1H3,(H,21,25)(H,22,24)/t15-,16-/m1/s1. The second kappa shape index (κ2) is 9.69. The monoisotopic (exact) mass is 423 g/mol. The van der Waals surface area contributed by atoms with Crippen molar-refractivity contribution in [3.8, 4) is 0 Å². The fourth-order valence-corrected chi connectivity index (χ4v) is 4.90. The molecule has 0 bridgehead atoms. The minimum atomic E-state index is -3.32. The lowest BCUT2D eigenvalue weighted by Crippen LogP contribution is -2.44. The highest BCUT2D eigenvalue weighted by atomic mass is 32.2. The van der Waals surface area contributed by atoms with Crippen molar-refractivity contribution < 1.29 is 22.7 Å². The third kappa shape index (κ3) is 5.55. The average molecular weight is 424 g/mol. The Hall–Kier alpha value is -1.97. The first-order valence-corrected chi connectivity index (χ1v) is 11.8. The van der Waals surface area contributed by atoms with Gasteiger partial charge in [-0.3, -0.25) is 9.59 Å². The Kier molecular flexibility index (Phi) is 7.26. The molecule has 29 heavy (non-hydrogen) atoms. The first-order chi connectivity index (χ1) is 13.9. The van der Waals surface area contributed by atoms with Crippen LogP contribution in [0.15, 0.2) is 24.3 Å². The second-order valence-corrected chi connectivity index (χ2v) is 9.74. The van der Waals surface area contributed by atoms with Crippen molar-refractivity contribution in [2.45, 2.75) is 38.7 Å². The summed E-state index contributed by atoms with van der Waals surface area (Å²) >= 11 is 0. The number of sulfonamides is 1. The molecule has 9 heteroatoms. The van der Waals surface area contributed by atoms with E-state index in [4.69, 9.17) is 4.74 Å². The van der Waals surface area contributed by atoms with Gasteiger partial charge in [-0.25, -0.2) is 12.7 Å². The van der Waals surface area contributed by atoms with E-state index in [9.17, 15) is 18.0 Å². The molecule has 0 aromatic heterocycles. The molecule has 0 radical (unpaired) electrons. The van der Waals surface area contributed by atoms with Crippen LogP contribution in [-0.4, -0.2) is 62.6 Å². The zero-order valence-electron chi connectivity index (χ0n) is 16.7. The number of carbonyl (C=O) groups is 2. The minimum Gasteiger partial charge on any atom is -0.376 e. The van der Waals surface area contributed by atoms with Gasteiger partial charge in [0.25, 0.3) is 5.91 Å². The van der Waals surface area contributed by atoms with E-state index in [-0.39, 0.29) is 30.2 Å². The maximum absolute atomic E-state index is 12.8. The highest BCUT2D eigenvalue weighted by molar-refractivity contribution is 7.89. The summed E-state index contributed by atoms with van der Waals surface area (Å²) in [6, 6.07) is 6.84. The Balaban J connectivity index is 1.63. The van der Waals surface area contributed by atoms with Gasteiger partial charge in [-0.05, 0) is 44.7 Å². The molecule has 2 N–H and O–H groups in total. The van der Waals surface area contributed by atoms with E-state index in [2.05, 4.69) is 10.6 Å². The highest BCUT2D eigenvalue weighted by Crippen LogP contribution is 2.23. The molecule has 2 aliphatic heterocycles. The van der Waals surface area contributed by atoms with E-state index < -0.39 is 15.9 Å². The highest BCUT2D eigenvalue weighted by Gasteiger charge is 2.31. The molecule has 0 aliphatic carbocycles. The molecule has 0 saturated carbocycles. The summed E-state index contributed by atoms with van der Waals surface area (Å²) < 4.78 is 31.2. The summed E-state index contributed by atoms with van der Waals surface area (Å²) in [5.41, 5.74) is 0.811. The molecule has 2 amide bonds. The SMILES string of the molecule is CCS(=O)(=O)N1CCC[C@@H](C(=O)Nc2ccccc2C(=O)NC[C@H]2CCCO2)C1. The number of carbonyl (C=O) groups excluding carboxylic acids is 2. The maximum atomic E-state index is 12.8. The number of anilines is 1. The number of hydrogen-bond acceptors (Lipinski definition) is 5. The number of ether oxygens (including phenoxy) is 1. The van der Waals surface area contributed by atoms with Crippen LogP contribution >= 0.6 is 0 Å². The molecule has 2 atom stereocenters. The van der Waals surface area contributed by atoms with E-state index in [0.29, 0.717) is 37.2 Å². The van der Waals surface area contributed by atoms with Crippen molar-refractivity contribution in [2.75, 3.05) is 37.3 Å². The number of hydrogen-bond donors (Lipinski definition) is 2. The van der Waals surface area contributed by atoms with Crippen LogP contribution in [0.1, 0.15) is 43.0 Å². The number of benzene rings is 1. The molecular weight excluding hydrogens is 394 g/mol. The molecule has 2 saturated heterocycles. The molecule has 2 heterocycles. The molecule has 8 nitrogen and oxygen atoms in total. The van der Waals surface area contributed by atoms with Gasteiger partial charge < -0.3 is 15.4 Å². The molecule has 0 unspecified atom stereocenters. The van der Waals surface area contributed by atoms with E-state index in [0.717, 1.165) is 19.4 Å². The number of nitrogens with zero attached hydrogens (tertiary/aromatic N) is 1. The van der Waals surface area contributed by atoms with Gasteiger partial charge in [0, 0.05) is 26.2 Å². The number of amides is 2. The van der Waals surface area contributed by atoms with Crippen LogP contribution in [0.5, 0.6) is 0 Å². The predicted octanol–water partition coefficient (Wildman–Crippen LogP) is 1.60. The Morgan fingerprint density at radius 1 is 1.21 bits per heavy atom. The predicted molar refractivity (Wildman–Crippen MR) is 110 cm³/mol. The summed E-state index contributed by atoms with van der Waals surface area (Å²) in [7, 11) is -3.32. The third-order valence-corrected chi connectivity index (χ3v) is 7.30. The Morgan fingerprint density at radius 3 is 2.72 bits per heavy atom. The van der Waals surface area contributed by atoms with Crippen LogP contribution in [0.2, 0.25) is 0 Å². The molecular formula is C20H29N3O5S. The van der Waals surface area contributed by atoms with Crippen LogP contribution < -0.4 is 10.6 Å². The third-order valence-electron chi connectivity index (χ3n) is 5.46. The number of para-hydroxylation sites is 1. The van der Waals surface area contributed by atoms with Crippen molar-refractivity contribution in [3.63, 3.8) is 0 Å². The van der Waals surface area contributed by atoms with Gasteiger partial charge in [0.05, 0.1) is 29.0 Å². The van der Waals surface area contributed by atoms with Crippen LogP contribution in [0.25, 0.3) is 0 Å². The molecule has 1 aromatic rings. The van der Waals surface area contributed by atoms with Crippen LogP contribution in [0.4, 0.5) is 5.69 Å². The second-order valence-electron chi connectivity index (χ2n) is 7.48. The summed E-state index contributed by atoms with van der Waals surface area (Å²) in [5, 5.41) is 5.69. The van der Waals surface area contributed by atoms with Gasteiger partial charge >= 0.3 is 0 Å². The molecule has 0 spiro atoms. The van der Waals surface area contributed by atoms with Gasteiger partial charge in [0.15, 0.2) is 0 Å². The van der Waals surface area contributed by atoms with E-state index >= 15 is 0 Å². The Bertz CT molecular complexity index is 836. The minimum absolute atomic E-state index is 0.0229. The van der Waals surface area contributed by atoms with Crippen molar-refractivity contribution >= 4 is 27.5 Å². The summed E-state index contributed by atoms with van der Waals surface area (Å²) in [6.07, 6.45) is 3.22. The largest absolute Gasteiger partial charge is 0.376 e. The van der Waals surface area contributed by atoms with Crippen molar-refractivity contribution in [1.82, 2.24) is 9.62 Å². The fourth-order valence-electron chi connectivity index (χ4n) is 3.72. The summed E-state index contributed by atoms with van der Waals surface area (Å²) in [6.45, 7) is 3.38. The van der Waals surface area contributed by atoms with Gasteiger partial charge in [-0.2, -0.15) is 0 Å². The van der Waals surface area contributed by atoms with Gasteiger partial charge in [-0.1, -0.05) is 12.1 Å². The van der Waals surface area contributed by atoms with Gasteiger partial charge in [0.2, 0.25) is 15.9 Å². The van der Waals surface area contributed by atoms with Crippen molar-refractivity contribution in [3.05, 3.63) is 29.8 Å².